The van der Waals surface area contributed by atoms with E-state index in [0.29, 0.717) is 0 Å². The number of hydrogen-bond acceptors (Lipinski definition) is 5. The summed E-state index contributed by atoms with van der Waals surface area (Å²) < 4.78 is 24.2. The first-order chi connectivity index (χ1) is 14.1. The van der Waals surface area contributed by atoms with Gasteiger partial charge in [-0.05, 0) is 29.3 Å². The summed E-state index contributed by atoms with van der Waals surface area (Å²) in [7, 11) is -2.72. The number of ketones is 1. The van der Waals surface area contributed by atoms with Crippen LogP contribution < -0.4 is 10.4 Å². The number of carbonyl (C=O) groups excluding carboxylic acids is 1. The maximum absolute atomic E-state index is 12.9. The third-order valence-electron chi connectivity index (χ3n) is 5.82. The van der Waals surface area contributed by atoms with E-state index in [1.54, 1.807) is 13.8 Å². The van der Waals surface area contributed by atoms with Crippen LogP contribution in [0.25, 0.3) is 0 Å². The zero-order valence-corrected chi connectivity index (χ0v) is 19.3. The molecule has 0 aromatic heterocycles. The molecule has 0 bridgehead atoms. The Bertz CT molecular complexity index is 851. The highest BCUT2D eigenvalue weighted by atomic mass is 28.4. The molecule has 2 aromatic carbocycles. The lowest BCUT2D eigenvalue weighted by Crippen LogP contribution is -2.67. The molecule has 2 aliphatic heterocycles. The standard InChI is InChI=1S/C24H30O5Si/c1-23(2,3)30(17-12-8-6-9-13-17,18-14-10-7-11-15-18)26-16-19-20(25)21-22(27-19)29-24(4,5)28-21/h6-15,19,21-22H,16H2,1-5H3/t19-,21-,22-/m1/s1. The SMILES string of the molecule is CC1(C)O[C@H]2O[C@H](CO[Si](c3ccccc3)(c3ccccc3)C(C)(C)C)C(=O)[C@H]2O1. The van der Waals surface area contributed by atoms with Crippen molar-refractivity contribution in [2.75, 3.05) is 6.61 Å². The molecule has 2 heterocycles. The lowest BCUT2D eigenvalue weighted by molar-refractivity contribution is -0.206. The minimum absolute atomic E-state index is 0.108. The monoisotopic (exact) mass is 426 g/mol. The second-order valence-corrected chi connectivity index (χ2v) is 13.7. The van der Waals surface area contributed by atoms with E-state index in [0.717, 1.165) is 0 Å². The van der Waals surface area contributed by atoms with E-state index in [2.05, 4.69) is 45.0 Å². The highest BCUT2D eigenvalue weighted by Gasteiger charge is 2.56. The van der Waals surface area contributed by atoms with Crippen LogP contribution in [-0.2, 0) is 23.4 Å². The first-order valence-corrected chi connectivity index (χ1v) is 12.3. The fraction of sp³-hybridized carbons (Fsp3) is 0.458. The van der Waals surface area contributed by atoms with Gasteiger partial charge >= 0.3 is 0 Å². The van der Waals surface area contributed by atoms with Crippen molar-refractivity contribution in [3.63, 3.8) is 0 Å². The topological polar surface area (TPSA) is 54.0 Å². The Kier molecular flexibility index (Phi) is 5.49. The van der Waals surface area contributed by atoms with Crippen molar-refractivity contribution >= 4 is 24.5 Å². The summed E-state index contributed by atoms with van der Waals surface area (Å²) in [6.45, 7) is 10.4. The molecule has 3 atom stereocenters. The predicted molar refractivity (Wildman–Crippen MR) is 117 cm³/mol. The lowest BCUT2D eigenvalue weighted by Gasteiger charge is -2.43. The molecule has 0 spiro atoms. The zero-order valence-electron chi connectivity index (χ0n) is 18.3. The number of ether oxygens (including phenoxy) is 3. The quantitative estimate of drug-likeness (QED) is 0.688. The smallest absolute Gasteiger partial charge is 0.261 e. The summed E-state index contributed by atoms with van der Waals surface area (Å²) in [6, 6.07) is 20.7. The Labute approximate surface area is 179 Å². The third kappa shape index (κ3) is 3.67. The molecule has 0 saturated carbocycles. The molecule has 2 saturated heterocycles. The minimum atomic E-state index is -2.72. The van der Waals surface area contributed by atoms with Gasteiger partial charge in [0, 0.05) is 0 Å². The summed E-state index contributed by atoms with van der Waals surface area (Å²) in [6.07, 6.45) is -2.05. The van der Waals surface area contributed by atoms with Gasteiger partial charge < -0.3 is 18.6 Å². The van der Waals surface area contributed by atoms with Crippen LogP contribution in [-0.4, -0.2) is 45.0 Å². The first kappa shape index (κ1) is 21.4. The van der Waals surface area contributed by atoms with Crippen LogP contribution in [0, 0.1) is 0 Å². The van der Waals surface area contributed by atoms with Crippen LogP contribution >= 0.6 is 0 Å². The maximum Gasteiger partial charge on any atom is 0.261 e. The van der Waals surface area contributed by atoms with Crippen molar-refractivity contribution in [2.45, 2.75) is 63.9 Å². The van der Waals surface area contributed by atoms with Crippen LogP contribution in [0.4, 0.5) is 0 Å². The van der Waals surface area contributed by atoms with E-state index in [1.165, 1.54) is 10.4 Å². The maximum atomic E-state index is 12.9. The molecule has 30 heavy (non-hydrogen) atoms. The Morgan fingerprint density at radius 3 is 1.93 bits per heavy atom. The van der Waals surface area contributed by atoms with E-state index in [4.69, 9.17) is 18.6 Å². The van der Waals surface area contributed by atoms with Gasteiger partial charge in [-0.1, -0.05) is 81.4 Å². The predicted octanol–water partition coefficient (Wildman–Crippen LogP) is 3.01. The van der Waals surface area contributed by atoms with E-state index in [1.807, 2.05) is 36.4 Å². The second-order valence-electron chi connectivity index (χ2n) is 9.43. The number of hydrogen-bond donors (Lipinski definition) is 0. The van der Waals surface area contributed by atoms with Gasteiger partial charge in [0.25, 0.3) is 8.32 Å². The largest absolute Gasteiger partial charge is 0.404 e. The summed E-state index contributed by atoms with van der Waals surface area (Å²) in [5.74, 6) is -0.919. The van der Waals surface area contributed by atoms with Gasteiger partial charge in [0.05, 0.1) is 6.61 Å². The minimum Gasteiger partial charge on any atom is -0.404 e. The van der Waals surface area contributed by atoms with Crippen molar-refractivity contribution in [2.24, 2.45) is 0 Å². The Morgan fingerprint density at radius 1 is 0.933 bits per heavy atom. The highest BCUT2D eigenvalue weighted by Crippen LogP contribution is 2.39. The molecule has 2 fully saturated rings. The number of carbonyl (C=O) groups is 1. The molecule has 2 aromatic rings. The van der Waals surface area contributed by atoms with Crippen LogP contribution in [0.2, 0.25) is 5.04 Å². The summed E-state index contributed by atoms with van der Waals surface area (Å²) in [5.41, 5.74) is 0. The third-order valence-corrected chi connectivity index (χ3v) is 10.8. The Hall–Kier alpha value is -1.83. The molecule has 6 heteroatoms. The summed E-state index contributed by atoms with van der Waals surface area (Å²) >= 11 is 0. The number of fused-ring (bicyclic) bond motifs is 1. The number of benzene rings is 2. The van der Waals surface area contributed by atoms with Crippen LogP contribution in [0.3, 0.4) is 0 Å². The molecule has 0 amide bonds. The van der Waals surface area contributed by atoms with Gasteiger partial charge in [-0.25, -0.2) is 0 Å². The fourth-order valence-corrected chi connectivity index (χ4v) is 9.07. The molecule has 0 radical (unpaired) electrons. The molecule has 2 aliphatic rings. The van der Waals surface area contributed by atoms with E-state index < -0.39 is 32.6 Å². The van der Waals surface area contributed by atoms with Crippen molar-refractivity contribution in [3.8, 4) is 0 Å². The van der Waals surface area contributed by atoms with Crippen molar-refractivity contribution < 1.29 is 23.4 Å². The van der Waals surface area contributed by atoms with E-state index in [-0.39, 0.29) is 17.4 Å². The molecule has 0 aliphatic carbocycles. The molecular weight excluding hydrogens is 396 g/mol. The number of Topliss-reactive ketones (excluding diaryl/α,β-unsaturated/α-hetero) is 1. The molecule has 0 unspecified atom stereocenters. The summed E-state index contributed by atoms with van der Waals surface area (Å²) in [5, 5.41) is 2.17. The van der Waals surface area contributed by atoms with Gasteiger partial charge in [0.1, 0.15) is 6.10 Å². The van der Waals surface area contributed by atoms with Crippen LogP contribution in [0.15, 0.2) is 60.7 Å². The van der Waals surface area contributed by atoms with E-state index in [9.17, 15) is 4.79 Å². The van der Waals surface area contributed by atoms with Gasteiger partial charge in [-0.15, -0.1) is 0 Å². The normalized spacial score (nSPS) is 26.0. The number of rotatable bonds is 5. The van der Waals surface area contributed by atoms with Crippen molar-refractivity contribution in [1.29, 1.82) is 0 Å². The van der Waals surface area contributed by atoms with Crippen molar-refractivity contribution in [3.05, 3.63) is 60.7 Å². The molecule has 4 rings (SSSR count). The highest BCUT2D eigenvalue weighted by molar-refractivity contribution is 6.99. The van der Waals surface area contributed by atoms with Gasteiger partial charge in [0.15, 0.2) is 24.0 Å². The van der Waals surface area contributed by atoms with Gasteiger partial charge in [0.2, 0.25) is 0 Å². The van der Waals surface area contributed by atoms with Crippen LogP contribution in [0.5, 0.6) is 0 Å². The zero-order chi connectivity index (χ0) is 21.6. The fourth-order valence-electron chi connectivity index (χ4n) is 4.52. The average molecular weight is 427 g/mol. The first-order valence-electron chi connectivity index (χ1n) is 10.4. The van der Waals surface area contributed by atoms with E-state index >= 15 is 0 Å². The van der Waals surface area contributed by atoms with Crippen molar-refractivity contribution in [1.82, 2.24) is 0 Å². The van der Waals surface area contributed by atoms with Gasteiger partial charge in [-0.2, -0.15) is 0 Å². The molecular formula is C24H30O5Si. The Balaban J connectivity index is 1.66. The molecule has 160 valence electrons. The summed E-state index contributed by atoms with van der Waals surface area (Å²) in [4.78, 5) is 12.9. The lowest BCUT2D eigenvalue weighted by atomic mass is 10.2. The molecule has 0 N–H and O–H groups in total. The molecule has 5 nitrogen and oxygen atoms in total. The average Bonchev–Trinajstić information content (AvgIpc) is 3.15. The van der Waals surface area contributed by atoms with Gasteiger partial charge in [-0.3, -0.25) is 4.79 Å². The van der Waals surface area contributed by atoms with Crippen LogP contribution in [0.1, 0.15) is 34.6 Å². The Morgan fingerprint density at radius 2 is 1.47 bits per heavy atom. The second kappa shape index (κ2) is 7.69.